The first-order valence-electron chi connectivity index (χ1n) is 7.23. The topological polar surface area (TPSA) is 70.8 Å². The second kappa shape index (κ2) is 6.05. The summed E-state index contributed by atoms with van der Waals surface area (Å²) in [6.07, 6.45) is 2.00. The zero-order valence-corrected chi connectivity index (χ0v) is 12.0. The quantitative estimate of drug-likeness (QED) is 0.889. The van der Waals surface area contributed by atoms with Gasteiger partial charge in [-0.1, -0.05) is 30.3 Å². The fourth-order valence-electron chi connectivity index (χ4n) is 2.58. The van der Waals surface area contributed by atoms with Gasteiger partial charge in [0.15, 0.2) is 0 Å². The number of aliphatic carboxylic acids is 1. The predicted molar refractivity (Wildman–Crippen MR) is 78.6 cm³/mol. The summed E-state index contributed by atoms with van der Waals surface area (Å²) in [6.45, 7) is 0.798. The van der Waals surface area contributed by atoms with Gasteiger partial charge < -0.3 is 14.4 Å². The maximum absolute atomic E-state index is 12.6. The molecule has 0 bridgehead atoms. The third kappa shape index (κ3) is 3.19. The number of carboxylic acids is 1. The van der Waals surface area contributed by atoms with Gasteiger partial charge in [0.25, 0.3) is 0 Å². The molecule has 1 N–H and O–H groups in total. The zero-order valence-electron chi connectivity index (χ0n) is 12.0. The normalized spacial score (nSPS) is 19.6. The molecule has 2 atom stereocenters. The molecule has 3 rings (SSSR count). The lowest BCUT2D eigenvalue weighted by molar-refractivity contribution is -0.142. The largest absolute Gasteiger partial charge is 0.481 e. The molecule has 5 nitrogen and oxygen atoms in total. The van der Waals surface area contributed by atoms with Gasteiger partial charge in [0.05, 0.1) is 24.6 Å². The summed E-state index contributed by atoms with van der Waals surface area (Å²) in [4.78, 5) is 25.2. The highest BCUT2D eigenvalue weighted by atomic mass is 16.4. The lowest BCUT2D eigenvalue weighted by atomic mass is 10.2. The maximum atomic E-state index is 12.6. The van der Waals surface area contributed by atoms with Crippen LogP contribution in [0.25, 0.3) is 0 Å². The smallest absolute Gasteiger partial charge is 0.307 e. The van der Waals surface area contributed by atoms with Crippen molar-refractivity contribution in [3.63, 3.8) is 0 Å². The van der Waals surface area contributed by atoms with Crippen molar-refractivity contribution in [1.82, 2.24) is 4.90 Å². The van der Waals surface area contributed by atoms with Gasteiger partial charge in [-0.25, -0.2) is 0 Å². The Labute approximate surface area is 128 Å². The van der Waals surface area contributed by atoms with E-state index >= 15 is 0 Å². The van der Waals surface area contributed by atoms with E-state index in [2.05, 4.69) is 0 Å². The van der Waals surface area contributed by atoms with Crippen LogP contribution in [0.15, 0.2) is 53.1 Å². The van der Waals surface area contributed by atoms with Crippen molar-refractivity contribution in [2.45, 2.75) is 19.5 Å². The second-order valence-electron chi connectivity index (χ2n) is 5.55. The molecule has 1 aliphatic rings. The molecule has 2 aromatic rings. The molecule has 0 saturated heterocycles. The molecular weight excluding hydrogens is 282 g/mol. The van der Waals surface area contributed by atoms with Crippen molar-refractivity contribution in [2.75, 3.05) is 0 Å². The van der Waals surface area contributed by atoms with Crippen LogP contribution in [0, 0.1) is 11.8 Å². The Hall–Kier alpha value is -2.56. The van der Waals surface area contributed by atoms with E-state index in [1.54, 1.807) is 17.2 Å². The molecule has 0 radical (unpaired) electrons. The summed E-state index contributed by atoms with van der Waals surface area (Å²) in [5, 5.41) is 9.01. The van der Waals surface area contributed by atoms with E-state index in [0.29, 0.717) is 25.3 Å². The minimum Gasteiger partial charge on any atom is -0.481 e. The van der Waals surface area contributed by atoms with Gasteiger partial charge in [0, 0.05) is 6.54 Å². The molecule has 1 aliphatic carbocycles. The second-order valence-corrected chi connectivity index (χ2v) is 5.55. The van der Waals surface area contributed by atoms with Crippen LogP contribution in [-0.2, 0) is 22.7 Å². The molecule has 5 heteroatoms. The summed E-state index contributed by atoms with van der Waals surface area (Å²) in [6, 6.07) is 13.2. The van der Waals surface area contributed by atoms with Crippen LogP contribution in [0.2, 0.25) is 0 Å². The highest BCUT2D eigenvalue weighted by Gasteiger charge is 2.49. The highest BCUT2D eigenvalue weighted by molar-refractivity contribution is 5.89. The van der Waals surface area contributed by atoms with Crippen molar-refractivity contribution in [2.24, 2.45) is 11.8 Å². The van der Waals surface area contributed by atoms with Gasteiger partial charge in [-0.15, -0.1) is 0 Å². The first-order chi connectivity index (χ1) is 10.6. The van der Waals surface area contributed by atoms with Crippen LogP contribution in [0.5, 0.6) is 0 Å². The Kier molecular flexibility index (Phi) is 3.96. The first-order valence-corrected chi connectivity index (χ1v) is 7.23. The van der Waals surface area contributed by atoms with Crippen LogP contribution < -0.4 is 0 Å². The van der Waals surface area contributed by atoms with Crippen molar-refractivity contribution in [3.8, 4) is 0 Å². The summed E-state index contributed by atoms with van der Waals surface area (Å²) >= 11 is 0. The third-order valence-corrected chi connectivity index (χ3v) is 3.88. The summed E-state index contributed by atoms with van der Waals surface area (Å²) in [5.41, 5.74) is 1.01. The number of amides is 1. The Bertz CT molecular complexity index is 651. The van der Waals surface area contributed by atoms with Gasteiger partial charge >= 0.3 is 5.97 Å². The Morgan fingerprint density at radius 2 is 1.86 bits per heavy atom. The Morgan fingerprint density at radius 3 is 2.45 bits per heavy atom. The number of nitrogens with zero attached hydrogens (tertiary/aromatic N) is 1. The molecule has 1 aromatic heterocycles. The van der Waals surface area contributed by atoms with Crippen LogP contribution in [0.1, 0.15) is 17.7 Å². The average Bonchev–Trinajstić information content (AvgIpc) is 3.17. The number of carboxylic acid groups (broad SMARTS) is 1. The van der Waals surface area contributed by atoms with Gasteiger partial charge in [-0.3, -0.25) is 9.59 Å². The molecular formula is C17H17NO4. The predicted octanol–water partition coefficient (Wildman–Crippen LogP) is 2.53. The molecule has 2 unspecified atom stereocenters. The molecule has 1 amide bonds. The monoisotopic (exact) mass is 299 g/mol. The lowest BCUT2D eigenvalue weighted by Gasteiger charge is -2.22. The van der Waals surface area contributed by atoms with E-state index in [4.69, 9.17) is 9.52 Å². The van der Waals surface area contributed by atoms with E-state index in [1.807, 2.05) is 36.4 Å². The number of benzene rings is 1. The van der Waals surface area contributed by atoms with Crippen molar-refractivity contribution in [1.29, 1.82) is 0 Å². The van der Waals surface area contributed by atoms with E-state index in [9.17, 15) is 9.59 Å². The number of carbonyl (C=O) groups is 2. The molecule has 0 spiro atoms. The summed E-state index contributed by atoms with van der Waals surface area (Å²) in [7, 11) is 0. The number of carbonyl (C=O) groups excluding carboxylic acids is 1. The summed E-state index contributed by atoms with van der Waals surface area (Å²) < 4.78 is 5.32. The van der Waals surface area contributed by atoms with E-state index in [1.165, 1.54) is 0 Å². The standard InChI is InChI=1S/C17H17NO4/c19-16(14-9-15(14)17(20)21)18(11-13-7-4-8-22-13)10-12-5-2-1-3-6-12/h1-8,14-15H,9-11H2,(H,20,21). The molecule has 1 aromatic carbocycles. The van der Waals surface area contributed by atoms with Gasteiger partial charge in [-0.05, 0) is 24.1 Å². The van der Waals surface area contributed by atoms with Gasteiger partial charge in [-0.2, -0.15) is 0 Å². The fourth-order valence-corrected chi connectivity index (χ4v) is 2.58. The maximum Gasteiger partial charge on any atom is 0.307 e. The van der Waals surface area contributed by atoms with Crippen molar-refractivity contribution in [3.05, 3.63) is 60.1 Å². The van der Waals surface area contributed by atoms with Gasteiger partial charge in [0.1, 0.15) is 5.76 Å². The first kappa shape index (κ1) is 14.4. The van der Waals surface area contributed by atoms with Crippen LogP contribution in [-0.4, -0.2) is 21.9 Å². The minimum absolute atomic E-state index is 0.118. The molecule has 1 saturated carbocycles. The Balaban J connectivity index is 1.74. The SMILES string of the molecule is O=C(O)C1CC1C(=O)N(Cc1ccccc1)Cc1ccco1. The average molecular weight is 299 g/mol. The van der Waals surface area contributed by atoms with Crippen LogP contribution in [0.3, 0.4) is 0 Å². The molecule has 22 heavy (non-hydrogen) atoms. The minimum atomic E-state index is -0.893. The van der Waals surface area contributed by atoms with Crippen LogP contribution >= 0.6 is 0 Å². The van der Waals surface area contributed by atoms with E-state index in [-0.39, 0.29) is 5.91 Å². The van der Waals surface area contributed by atoms with Crippen molar-refractivity contribution < 1.29 is 19.1 Å². The number of hydrogen-bond donors (Lipinski definition) is 1. The van der Waals surface area contributed by atoms with Crippen LogP contribution in [0.4, 0.5) is 0 Å². The molecule has 114 valence electrons. The molecule has 1 heterocycles. The Morgan fingerprint density at radius 1 is 1.09 bits per heavy atom. The van der Waals surface area contributed by atoms with Crippen molar-refractivity contribution >= 4 is 11.9 Å². The molecule has 0 aliphatic heterocycles. The highest BCUT2D eigenvalue weighted by Crippen LogP contribution is 2.40. The van der Waals surface area contributed by atoms with E-state index < -0.39 is 17.8 Å². The van der Waals surface area contributed by atoms with Gasteiger partial charge in [0.2, 0.25) is 5.91 Å². The fraction of sp³-hybridized carbons (Fsp3) is 0.294. The van der Waals surface area contributed by atoms with E-state index in [0.717, 1.165) is 5.56 Å². The lowest BCUT2D eigenvalue weighted by Crippen LogP contribution is -2.32. The zero-order chi connectivity index (χ0) is 15.5. The number of furan rings is 1. The third-order valence-electron chi connectivity index (χ3n) is 3.88. The number of hydrogen-bond acceptors (Lipinski definition) is 3. The number of rotatable bonds is 6. The summed E-state index contributed by atoms with van der Waals surface area (Å²) in [5.74, 6) is -1.26. The molecule has 1 fully saturated rings.